The van der Waals surface area contributed by atoms with Crippen LogP contribution in [0.1, 0.15) is 26.2 Å². The SMILES string of the molecule is CC1=CN2C(=O)C(NC(=O)CCCC(N)C(=O)O)[C@H]2SC1C(=O)O. The van der Waals surface area contributed by atoms with Crippen molar-refractivity contribution in [2.45, 2.75) is 48.9 Å². The first-order chi connectivity index (χ1) is 11.2. The molecule has 10 heteroatoms. The van der Waals surface area contributed by atoms with Gasteiger partial charge in [-0.05, 0) is 25.3 Å². The molecule has 0 aromatic rings. The molecule has 2 heterocycles. The molecule has 0 saturated carbocycles. The summed E-state index contributed by atoms with van der Waals surface area (Å²) in [7, 11) is 0. The molecular formula is C14H19N3O6S. The molecule has 1 fully saturated rings. The zero-order valence-electron chi connectivity index (χ0n) is 13.0. The molecule has 2 aliphatic heterocycles. The average Bonchev–Trinajstić information content (AvgIpc) is 2.51. The van der Waals surface area contributed by atoms with E-state index in [1.165, 1.54) is 11.1 Å². The second-order valence-electron chi connectivity index (χ2n) is 5.75. The maximum absolute atomic E-state index is 12.0. The molecular weight excluding hydrogens is 338 g/mol. The molecule has 0 bridgehead atoms. The number of hydrogen-bond donors (Lipinski definition) is 4. The zero-order valence-corrected chi connectivity index (χ0v) is 13.8. The third-order valence-corrected chi connectivity index (χ3v) is 5.51. The molecule has 0 spiro atoms. The number of thioether (sulfide) groups is 1. The fraction of sp³-hybridized carbons (Fsp3) is 0.571. The van der Waals surface area contributed by atoms with Crippen LogP contribution in [0.2, 0.25) is 0 Å². The molecule has 3 unspecified atom stereocenters. The fourth-order valence-electron chi connectivity index (χ4n) is 2.54. The molecule has 1 saturated heterocycles. The number of carboxylic acids is 2. The van der Waals surface area contributed by atoms with Crippen LogP contribution in [-0.2, 0) is 19.2 Å². The van der Waals surface area contributed by atoms with E-state index in [0.29, 0.717) is 12.0 Å². The number of carboxylic acid groups (broad SMARTS) is 2. The van der Waals surface area contributed by atoms with Gasteiger partial charge in [-0.25, -0.2) is 0 Å². The second-order valence-corrected chi connectivity index (χ2v) is 6.97. The van der Waals surface area contributed by atoms with E-state index in [1.54, 1.807) is 6.92 Å². The summed E-state index contributed by atoms with van der Waals surface area (Å²) in [4.78, 5) is 47.1. The van der Waals surface area contributed by atoms with Crippen molar-refractivity contribution in [3.05, 3.63) is 11.8 Å². The molecule has 4 atom stereocenters. The number of hydrogen-bond acceptors (Lipinski definition) is 6. The van der Waals surface area contributed by atoms with Crippen LogP contribution in [0.5, 0.6) is 0 Å². The molecule has 0 radical (unpaired) electrons. The first-order valence-electron chi connectivity index (χ1n) is 7.39. The maximum Gasteiger partial charge on any atom is 0.320 e. The zero-order chi connectivity index (χ0) is 18.0. The summed E-state index contributed by atoms with van der Waals surface area (Å²) in [5.41, 5.74) is 5.92. The van der Waals surface area contributed by atoms with Crippen molar-refractivity contribution in [1.29, 1.82) is 0 Å². The molecule has 2 aliphatic rings. The topological polar surface area (TPSA) is 150 Å². The van der Waals surface area contributed by atoms with E-state index >= 15 is 0 Å². The first-order valence-corrected chi connectivity index (χ1v) is 8.33. The van der Waals surface area contributed by atoms with E-state index in [4.69, 9.17) is 10.8 Å². The summed E-state index contributed by atoms with van der Waals surface area (Å²) in [6.45, 7) is 1.65. The van der Waals surface area contributed by atoms with E-state index in [2.05, 4.69) is 5.32 Å². The molecule has 0 aromatic carbocycles. The predicted molar refractivity (Wildman–Crippen MR) is 84.8 cm³/mol. The Morgan fingerprint density at radius 2 is 2.08 bits per heavy atom. The van der Waals surface area contributed by atoms with Crippen LogP contribution in [0.4, 0.5) is 0 Å². The van der Waals surface area contributed by atoms with Gasteiger partial charge in [-0.2, -0.15) is 0 Å². The van der Waals surface area contributed by atoms with Crippen molar-refractivity contribution in [2.24, 2.45) is 5.73 Å². The average molecular weight is 357 g/mol. The van der Waals surface area contributed by atoms with E-state index in [0.717, 1.165) is 11.8 Å². The molecule has 9 nitrogen and oxygen atoms in total. The summed E-state index contributed by atoms with van der Waals surface area (Å²) in [5.74, 6) is -2.78. The summed E-state index contributed by atoms with van der Waals surface area (Å²) < 4.78 is 0. The number of fused-ring (bicyclic) bond motifs is 1. The van der Waals surface area contributed by atoms with Gasteiger partial charge in [-0.1, -0.05) is 0 Å². The largest absolute Gasteiger partial charge is 0.480 e. The quantitative estimate of drug-likeness (QED) is 0.438. The molecule has 2 rings (SSSR count). The van der Waals surface area contributed by atoms with Gasteiger partial charge in [0.25, 0.3) is 5.91 Å². The van der Waals surface area contributed by atoms with Crippen LogP contribution in [0.15, 0.2) is 11.8 Å². The minimum atomic E-state index is -1.12. The van der Waals surface area contributed by atoms with Crippen LogP contribution in [-0.4, -0.2) is 61.6 Å². The lowest BCUT2D eigenvalue weighted by Crippen LogP contribution is -2.69. The predicted octanol–water partition coefficient (Wildman–Crippen LogP) is -0.674. The Balaban J connectivity index is 1.86. The van der Waals surface area contributed by atoms with Gasteiger partial charge in [0.1, 0.15) is 22.7 Å². The number of β-lactam (4-membered cyclic amide) rings is 1. The highest BCUT2D eigenvalue weighted by atomic mass is 32.2. The van der Waals surface area contributed by atoms with Crippen LogP contribution in [0.3, 0.4) is 0 Å². The number of aliphatic carboxylic acids is 2. The van der Waals surface area contributed by atoms with Crippen molar-refractivity contribution in [2.75, 3.05) is 0 Å². The van der Waals surface area contributed by atoms with Crippen molar-refractivity contribution in [3.8, 4) is 0 Å². The number of nitrogens with two attached hydrogens (primary N) is 1. The monoisotopic (exact) mass is 357 g/mol. The lowest BCUT2D eigenvalue weighted by atomic mass is 10.0. The molecule has 132 valence electrons. The van der Waals surface area contributed by atoms with Crippen molar-refractivity contribution < 1.29 is 29.4 Å². The lowest BCUT2D eigenvalue weighted by molar-refractivity contribution is -0.145. The highest BCUT2D eigenvalue weighted by Crippen LogP contribution is 2.40. The van der Waals surface area contributed by atoms with Crippen LogP contribution >= 0.6 is 11.8 Å². The number of nitrogens with one attached hydrogen (secondary N) is 1. The van der Waals surface area contributed by atoms with Crippen LogP contribution in [0, 0.1) is 0 Å². The Morgan fingerprint density at radius 1 is 1.42 bits per heavy atom. The lowest BCUT2D eigenvalue weighted by Gasteiger charge is -2.48. The minimum Gasteiger partial charge on any atom is -0.480 e. The fourth-order valence-corrected chi connectivity index (χ4v) is 3.85. The minimum absolute atomic E-state index is 0.0549. The van der Waals surface area contributed by atoms with Gasteiger partial charge in [0, 0.05) is 12.6 Å². The first kappa shape index (κ1) is 18.3. The summed E-state index contributed by atoms with van der Waals surface area (Å²) in [6.07, 6.45) is 2.02. The summed E-state index contributed by atoms with van der Waals surface area (Å²) >= 11 is 1.11. The maximum atomic E-state index is 12.0. The van der Waals surface area contributed by atoms with Crippen molar-refractivity contribution >= 4 is 35.5 Å². The second kappa shape index (κ2) is 7.22. The number of nitrogens with zero attached hydrogens (tertiary/aromatic N) is 1. The van der Waals surface area contributed by atoms with Gasteiger partial charge in [0.2, 0.25) is 5.91 Å². The molecule has 0 aromatic heterocycles. The smallest absolute Gasteiger partial charge is 0.320 e. The van der Waals surface area contributed by atoms with Gasteiger partial charge >= 0.3 is 11.9 Å². The van der Waals surface area contributed by atoms with E-state index in [-0.39, 0.29) is 24.7 Å². The molecule has 5 N–H and O–H groups in total. The number of rotatable bonds is 7. The Morgan fingerprint density at radius 3 is 2.67 bits per heavy atom. The molecule has 0 aliphatic carbocycles. The summed E-state index contributed by atoms with van der Waals surface area (Å²) in [5, 5.41) is 19.2. The van der Waals surface area contributed by atoms with Gasteiger partial charge in [-0.15, -0.1) is 11.8 Å². The van der Waals surface area contributed by atoms with Gasteiger partial charge in [0.05, 0.1) is 0 Å². The van der Waals surface area contributed by atoms with E-state index in [9.17, 15) is 24.3 Å². The van der Waals surface area contributed by atoms with Crippen LogP contribution in [0.25, 0.3) is 0 Å². The van der Waals surface area contributed by atoms with Gasteiger partial charge < -0.3 is 26.2 Å². The Labute approximate surface area is 142 Å². The third kappa shape index (κ3) is 3.70. The van der Waals surface area contributed by atoms with Crippen LogP contribution < -0.4 is 11.1 Å². The van der Waals surface area contributed by atoms with E-state index < -0.39 is 34.6 Å². The number of carbonyl (C=O) groups is 4. The Hall–Kier alpha value is -2.07. The van der Waals surface area contributed by atoms with Crippen molar-refractivity contribution in [1.82, 2.24) is 10.2 Å². The Kier molecular flexibility index (Phi) is 5.50. The number of amides is 2. The highest BCUT2D eigenvalue weighted by Gasteiger charge is 2.52. The third-order valence-electron chi connectivity index (χ3n) is 3.89. The highest BCUT2D eigenvalue weighted by molar-refractivity contribution is 8.01. The van der Waals surface area contributed by atoms with Gasteiger partial charge in [0.15, 0.2) is 0 Å². The Bertz CT molecular complexity index is 607. The molecule has 2 amide bonds. The summed E-state index contributed by atoms with van der Waals surface area (Å²) in [6, 6.07) is -1.78. The normalized spacial score (nSPS) is 26.8. The number of carbonyl (C=O) groups excluding carboxylic acids is 2. The standard InChI is InChI=1S/C14H19N3O6S/c1-6-5-17-11(19)9(12(17)24-10(6)14(22)23)16-8(18)4-2-3-7(15)13(20)21/h5,7,9-10,12H,2-4,15H2,1H3,(H,16,18)(H,20,21)(H,22,23)/t7?,9?,10?,12-/m1/s1. The van der Waals surface area contributed by atoms with Gasteiger partial charge in [-0.3, -0.25) is 19.2 Å². The van der Waals surface area contributed by atoms with E-state index in [1.807, 2.05) is 0 Å². The molecule has 24 heavy (non-hydrogen) atoms. The van der Waals surface area contributed by atoms with Crippen molar-refractivity contribution in [3.63, 3.8) is 0 Å².